The highest BCUT2D eigenvalue weighted by molar-refractivity contribution is 6.16. The number of hydrogen-bond acceptors (Lipinski definition) is 3. The van der Waals surface area contributed by atoms with Crippen molar-refractivity contribution in [2.24, 2.45) is 4.99 Å². The summed E-state index contributed by atoms with van der Waals surface area (Å²) in [5, 5.41) is 3.59. The molecule has 0 spiro atoms. The first-order valence-electron chi connectivity index (χ1n) is 7.76. The van der Waals surface area contributed by atoms with Gasteiger partial charge in [0.25, 0.3) is 11.8 Å². The van der Waals surface area contributed by atoms with E-state index in [0.717, 1.165) is 17.7 Å². The van der Waals surface area contributed by atoms with Crippen molar-refractivity contribution in [2.45, 2.75) is 18.8 Å². The lowest BCUT2D eigenvalue weighted by Crippen LogP contribution is -2.63. The first-order chi connectivity index (χ1) is 12.6. The number of rotatable bonds is 3. The van der Waals surface area contributed by atoms with Gasteiger partial charge in [-0.05, 0) is 19.1 Å². The van der Waals surface area contributed by atoms with Gasteiger partial charge in [-0.25, -0.2) is 9.38 Å². The quantitative estimate of drug-likeness (QED) is 0.805. The Labute approximate surface area is 151 Å². The molecule has 0 fully saturated rings. The molecule has 3 rings (SSSR count). The number of hydrogen-bond donors (Lipinski definition) is 2. The van der Waals surface area contributed by atoms with Crippen LogP contribution in [0.3, 0.4) is 0 Å². The molecule has 27 heavy (non-hydrogen) atoms. The van der Waals surface area contributed by atoms with Crippen molar-refractivity contribution in [2.75, 3.05) is 0 Å². The van der Waals surface area contributed by atoms with Crippen LogP contribution < -0.4 is 10.6 Å². The molecule has 9 heteroatoms. The minimum absolute atomic E-state index is 0.236. The van der Waals surface area contributed by atoms with Crippen LogP contribution in [0, 0.1) is 12.7 Å². The van der Waals surface area contributed by atoms with E-state index < -0.39 is 35.0 Å². The summed E-state index contributed by atoms with van der Waals surface area (Å²) < 4.78 is 54.9. The van der Waals surface area contributed by atoms with Crippen molar-refractivity contribution in [1.82, 2.24) is 10.6 Å². The lowest BCUT2D eigenvalue weighted by atomic mass is 10.1. The number of nitrogens with zero attached hydrogens (tertiary/aromatic N) is 1. The van der Waals surface area contributed by atoms with E-state index in [0.29, 0.717) is 0 Å². The van der Waals surface area contributed by atoms with E-state index in [9.17, 15) is 27.2 Å². The van der Waals surface area contributed by atoms with Gasteiger partial charge in [-0.1, -0.05) is 42.0 Å². The first-order valence-corrected chi connectivity index (χ1v) is 7.76. The van der Waals surface area contributed by atoms with Gasteiger partial charge in [0.05, 0.1) is 5.56 Å². The standard InChI is InChI=1S/C18H13F4N3O2/c1-10-6-8-11(9-7-10)14-23-16(27)17(24-14,18(20,21)22)25-15(26)12-4-2-3-5-13(12)19/h2-9H,1H3,(H,25,26)(H,23,24,27)/t17-/m0/s1. The molecule has 2 amide bonds. The van der Waals surface area contributed by atoms with Crippen molar-refractivity contribution in [3.63, 3.8) is 0 Å². The van der Waals surface area contributed by atoms with Crippen LogP contribution in [0.25, 0.3) is 0 Å². The molecule has 0 radical (unpaired) electrons. The second kappa shape index (κ2) is 6.49. The summed E-state index contributed by atoms with van der Waals surface area (Å²) in [6.07, 6.45) is -5.25. The number of amides is 2. The van der Waals surface area contributed by atoms with Gasteiger partial charge in [0, 0.05) is 5.56 Å². The topological polar surface area (TPSA) is 70.6 Å². The van der Waals surface area contributed by atoms with Crippen molar-refractivity contribution in [1.29, 1.82) is 0 Å². The number of carbonyl (C=O) groups is 2. The molecule has 5 nitrogen and oxygen atoms in total. The molecular weight excluding hydrogens is 366 g/mol. The fraction of sp³-hybridized carbons (Fsp3) is 0.167. The lowest BCUT2D eigenvalue weighted by Gasteiger charge is -2.27. The largest absolute Gasteiger partial charge is 0.442 e. The molecule has 2 aromatic carbocycles. The number of carbonyl (C=O) groups excluding carboxylic acids is 2. The van der Waals surface area contributed by atoms with Gasteiger partial charge in [0.1, 0.15) is 11.7 Å². The van der Waals surface area contributed by atoms with Crippen LogP contribution in [0.2, 0.25) is 0 Å². The van der Waals surface area contributed by atoms with E-state index in [4.69, 9.17) is 0 Å². The summed E-state index contributed by atoms with van der Waals surface area (Å²) in [6.45, 7) is 1.79. The first kappa shape index (κ1) is 18.6. The molecule has 0 bridgehead atoms. The van der Waals surface area contributed by atoms with Crippen molar-refractivity contribution in [3.05, 3.63) is 71.0 Å². The molecule has 1 heterocycles. The van der Waals surface area contributed by atoms with Crippen LogP contribution in [-0.2, 0) is 4.79 Å². The number of aliphatic imine (C=N–C) groups is 1. The molecule has 0 unspecified atom stereocenters. The van der Waals surface area contributed by atoms with Crippen LogP contribution in [-0.4, -0.2) is 29.5 Å². The Morgan fingerprint density at radius 3 is 2.33 bits per heavy atom. The van der Waals surface area contributed by atoms with Gasteiger partial charge in [0.2, 0.25) is 0 Å². The maximum Gasteiger partial charge on any atom is 0.442 e. The Balaban J connectivity index is 2.03. The smallest absolute Gasteiger partial charge is 0.312 e. The third-order valence-electron chi connectivity index (χ3n) is 3.99. The summed E-state index contributed by atoms with van der Waals surface area (Å²) in [6, 6.07) is 10.7. The van der Waals surface area contributed by atoms with Gasteiger partial charge >= 0.3 is 11.8 Å². The normalized spacial score (nSPS) is 19.4. The third kappa shape index (κ3) is 3.27. The molecule has 2 aromatic rings. The molecule has 0 saturated heterocycles. The summed E-state index contributed by atoms with van der Waals surface area (Å²) in [5.74, 6) is -4.34. The Morgan fingerprint density at radius 2 is 1.74 bits per heavy atom. The molecule has 0 aromatic heterocycles. The minimum atomic E-state index is -5.25. The monoisotopic (exact) mass is 379 g/mol. The summed E-state index contributed by atoms with van der Waals surface area (Å²) in [7, 11) is 0. The number of benzene rings is 2. The van der Waals surface area contributed by atoms with E-state index in [1.165, 1.54) is 24.3 Å². The SMILES string of the molecule is Cc1ccc(C2=N[C@@](NC(=O)c3ccccc3F)(C(F)(F)F)C(=O)N2)cc1. The lowest BCUT2D eigenvalue weighted by molar-refractivity contribution is -0.192. The van der Waals surface area contributed by atoms with Crippen LogP contribution in [0.1, 0.15) is 21.5 Å². The van der Waals surface area contributed by atoms with E-state index in [2.05, 4.69) is 4.99 Å². The fourth-order valence-corrected chi connectivity index (χ4v) is 2.52. The molecule has 1 atom stereocenters. The highest BCUT2D eigenvalue weighted by atomic mass is 19.4. The number of halogens is 4. The number of aryl methyl sites for hydroxylation is 1. The van der Waals surface area contributed by atoms with E-state index in [1.807, 2.05) is 5.32 Å². The van der Waals surface area contributed by atoms with Gasteiger partial charge in [-0.3, -0.25) is 9.59 Å². The number of nitrogens with one attached hydrogen (secondary N) is 2. The second-order valence-corrected chi connectivity index (χ2v) is 5.92. The molecule has 2 N–H and O–H groups in total. The van der Waals surface area contributed by atoms with Gasteiger partial charge in [-0.15, -0.1) is 0 Å². The zero-order valence-corrected chi connectivity index (χ0v) is 13.9. The highest BCUT2D eigenvalue weighted by Gasteiger charge is 2.65. The summed E-state index contributed by atoms with van der Waals surface area (Å²) in [4.78, 5) is 27.8. The highest BCUT2D eigenvalue weighted by Crippen LogP contribution is 2.35. The van der Waals surface area contributed by atoms with Crippen LogP contribution >= 0.6 is 0 Å². The summed E-state index contributed by atoms with van der Waals surface area (Å²) in [5.41, 5.74) is -3.08. The number of amidine groups is 1. The van der Waals surface area contributed by atoms with Gasteiger partial charge in [-0.2, -0.15) is 13.2 Å². The molecular formula is C18H13F4N3O2. The molecule has 1 aliphatic rings. The van der Waals surface area contributed by atoms with E-state index in [-0.39, 0.29) is 11.4 Å². The van der Waals surface area contributed by atoms with Crippen molar-refractivity contribution >= 4 is 17.6 Å². The minimum Gasteiger partial charge on any atom is -0.312 e. The van der Waals surface area contributed by atoms with Crippen LogP contribution in [0.15, 0.2) is 53.5 Å². The molecule has 1 aliphatic heterocycles. The third-order valence-corrected chi connectivity index (χ3v) is 3.99. The molecule has 140 valence electrons. The Bertz CT molecular complexity index is 938. The average molecular weight is 379 g/mol. The van der Waals surface area contributed by atoms with E-state index in [1.54, 1.807) is 24.4 Å². The second-order valence-electron chi connectivity index (χ2n) is 5.92. The van der Waals surface area contributed by atoms with Gasteiger partial charge < -0.3 is 10.6 Å². The predicted octanol–water partition coefficient (Wildman–Crippen LogP) is 2.70. The summed E-state index contributed by atoms with van der Waals surface area (Å²) >= 11 is 0. The van der Waals surface area contributed by atoms with Crippen LogP contribution in [0.5, 0.6) is 0 Å². The van der Waals surface area contributed by atoms with Gasteiger partial charge in [0.15, 0.2) is 0 Å². The zero-order chi connectivity index (χ0) is 19.8. The zero-order valence-electron chi connectivity index (χ0n) is 13.9. The van der Waals surface area contributed by atoms with Crippen molar-refractivity contribution < 1.29 is 27.2 Å². The Hall–Kier alpha value is -3.23. The Morgan fingerprint density at radius 1 is 1.11 bits per heavy atom. The fourth-order valence-electron chi connectivity index (χ4n) is 2.52. The number of alkyl halides is 3. The molecule has 0 aliphatic carbocycles. The molecule has 0 saturated carbocycles. The maximum absolute atomic E-state index is 13.7. The average Bonchev–Trinajstić information content (AvgIpc) is 2.93. The Kier molecular flexibility index (Phi) is 4.46. The van der Waals surface area contributed by atoms with E-state index >= 15 is 0 Å². The predicted molar refractivity (Wildman–Crippen MR) is 88.5 cm³/mol. The van der Waals surface area contributed by atoms with Crippen molar-refractivity contribution in [3.8, 4) is 0 Å². The maximum atomic E-state index is 13.7. The van der Waals surface area contributed by atoms with Crippen LogP contribution in [0.4, 0.5) is 17.6 Å².